The minimum atomic E-state index is -0.859. The summed E-state index contributed by atoms with van der Waals surface area (Å²) < 4.78 is 0. The summed E-state index contributed by atoms with van der Waals surface area (Å²) in [6, 6.07) is 0. The van der Waals surface area contributed by atoms with E-state index in [1.54, 1.807) is 0 Å². The van der Waals surface area contributed by atoms with Crippen molar-refractivity contribution >= 4 is 15.1 Å². The zero-order valence-corrected chi connectivity index (χ0v) is 13.6. The summed E-state index contributed by atoms with van der Waals surface area (Å²) in [4.78, 5) is 0. The molecular formula is C15H33BP+. The normalized spacial score (nSPS) is 13.9. The molecule has 0 aliphatic rings. The highest BCUT2D eigenvalue weighted by Gasteiger charge is 2.39. The summed E-state index contributed by atoms with van der Waals surface area (Å²) in [6.45, 7) is 9.21. The van der Waals surface area contributed by atoms with Crippen molar-refractivity contribution in [3.05, 3.63) is 0 Å². The van der Waals surface area contributed by atoms with Gasteiger partial charge in [-0.05, 0) is 25.7 Å². The Balaban J connectivity index is 4.63. The van der Waals surface area contributed by atoms with E-state index in [1.807, 2.05) is 0 Å². The molecule has 100 valence electrons. The minimum absolute atomic E-state index is 0.521. The third-order valence-corrected chi connectivity index (χ3v) is 9.39. The Bertz CT molecular complexity index is 149. The second-order valence-electron chi connectivity index (χ2n) is 5.43. The summed E-state index contributed by atoms with van der Waals surface area (Å²) >= 11 is 0. The molecule has 0 aliphatic heterocycles. The van der Waals surface area contributed by atoms with Crippen molar-refractivity contribution in [2.24, 2.45) is 0 Å². The third-order valence-electron chi connectivity index (χ3n) is 3.99. The number of unbranched alkanes of at least 4 members (excludes halogenated alkanes) is 3. The Morgan fingerprint density at radius 2 is 1.12 bits per heavy atom. The lowest BCUT2D eigenvalue weighted by molar-refractivity contribution is 0.822. The lowest BCUT2D eigenvalue weighted by Gasteiger charge is -2.33. The maximum atomic E-state index is 6.52. The van der Waals surface area contributed by atoms with Crippen LogP contribution in [0, 0.1) is 0 Å². The highest BCUT2D eigenvalue weighted by molar-refractivity contribution is 7.77. The highest BCUT2D eigenvalue weighted by atomic mass is 31.2. The van der Waals surface area contributed by atoms with Crippen LogP contribution >= 0.6 is 7.26 Å². The van der Waals surface area contributed by atoms with Crippen molar-refractivity contribution in [3.63, 3.8) is 0 Å². The second kappa shape index (κ2) is 10.4. The maximum Gasteiger partial charge on any atom is 0.126 e. The summed E-state index contributed by atoms with van der Waals surface area (Å²) in [5.74, 6) is 0. The van der Waals surface area contributed by atoms with E-state index in [0.717, 1.165) is 0 Å². The molecule has 17 heavy (non-hydrogen) atoms. The average molecular weight is 255 g/mol. The Morgan fingerprint density at radius 1 is 0.765 bits per heavy atom. The van der Waals surface area contributed by atoms with Crippen molar-refractivity contribution < 1.29 is 0 Å². The van der Waals surface area contributed by atoms with Gasteiger partial charge in [0.05, 0.1) is 18.5 Å². The molecule has 0 heterocycles. The first kappa shape index (κ1) is 17.5. The van der Waals surface area contributed by atoms with Gasteiger partial charge in [-0.25, -0.2) is 0 Å². The molecule has 0 rings (SSSR count). The molecule has 0 spiro atoms. The third kappa shape index (κ3) is 6.28. The fourth-order valence-electron chi connectivity index (χ4n) is 2.64. The molecule has 0 fully saturated rings. The molecule has 0 aromatic carbocycles. The van der Waals surface area contributed by atoms with Gasteiger partial charge in [0.25, 0.3) is 0 Å². The standard InChI is InChI=1S/C15H33BP/c1-5-9-12-17(13-10-6-2,14-11-7-3)15(16)8-4/h15H,5-14H2,1-4H3/q+1. The predicted molar refractivity (Wildman–Crippen MR) is 86.1 cm³/mol. The van der Waals surface area contributed by atoms with Crippen molar-refractivity contribution in [1.82, 2.24) is 0 Å². The van der Waals surface area contributed by atoms with Gasteiger partial charge in [0.1, 0.15) is 7.85 Å². The topological polar surface area (TPSA) is 0 Å². The van der Waals surface area contributed by atoms with Crippen LogP contribution in [0.4, 0.5) is 0 Å². The largest absolute Gasteiger partial charge is 0.126 e. The second-order valence-corrected chi connectivity index (χ2v) is 9.87. The summed E-state index contributed by atoms with van der Waals surface area (Å²) in [6.07, 6.45) is 13.7. The van der Waals surface area contributed by atoms with E-state index in [-0.39, 0.29) is 0 Å². The number of rotatable bonds is 11. The van der Waals surface area contributed by atoms with Crippen LogP contribution in [-0.4, -0.2) is 31.9 Å². The first-order valence-electron chi connectivity index (χ1n) is 7.78. The van der Waals surface area contributed by atoms with Crippen molar-refractivity contribution in [1.29, 1.82) is 0 Å². The number of hydrogen-bond donors (Lipinski definition) is 0. The van der Waals surface area contributed by atoms with Gasteiger partial charge >= 0.3 is 0 Å². The zero-order valence-electron chi connectivity index (χ0n) is 12.7. The van der Waals surface area contributed by atoms with E-state index in [1.165, 1.54) is 63.4 Å². The molecule has 2 radical (unpaired) electrons. The first-order valence-corrected chi connectivity index (χ1v) is 10.2. The van der Waals surface area contributed by atoms with Gasteiger partial charge < -0.3 is 0 Å². The molecule has 0 aliphatic carbocycles. The molecule has 0 nitrogen and oxygen atoms in total. The van der Waals surface area contributed by atoms with E-state index in [4.69, 9.17) is 7.85 Å². The van der Waals surface area contributed by atoms with Gasteiger partial charge in [-0.3, -0.25) is 0 Å². The molecule has 1 unspecified atom stereocenters. The fraction of sp³-hybridized carbons (Fsp3) is 1.00. The van der Waals surface area contributed by atoms with Gasteiger partial charge in [-0.1, -0.05) is 47.0 Å². The molecular weight excluding hydrogens is 222 g/mol. The van der Waals surface area contributed by atoms with Crippen LogP contribution in [0.15, 0.2) is 0 Å². The quantitative estimate of drug-likeness (QED) is 0.346. The van der Waals surface area contributed by atoms with E-state index >= 15 is 0 Å². The Kier molecular flexibility index (Phi) is 10.7. The van der Waals surface area contributed by atoms with Crippen molar-refractivity contribution in [2.45, 2.75) is 78.2 Å². The summed E-state index contributed by atoms with van der Waals surface area (Å²) in [5.41, 5.74) is 0.521. The summed E-state index contributed by atoms with van der Waals surface area (Å²) in [7, 11) is 5.66. The molecule has 0 aromatic rings. The molecule has 0 N–H and O–H groups in total. The summed E-state index contributed by atoms with van der Waals surface area (Å²) in [5, 5.41) is 0. The lowest BCUT2D eigenvalue weighted by atomic mass is 10.0. The zero-order chi connectivity index (χ0) is 13.1. The van der Waals surface area contributed by atoms with Crippen molar-refractivity contribution in [3.8, 4) is 0 Å². The predicted octanol–water partition coefficient (Wildman–Crippen LogP) is 5.31. The average Bonchev–Trinajstić information content (AvgIpc) is 2.37. The van der Waals surface area contributed by atoms with Crippen LogP contribution in [0.2, 0.25) is 0 Å². The van der Waals surface area contributed by atoms with Gasteiger partial charge in [0.15, 0.2) is 0 Å². The van der Waals surface area contributed by atoms with E-state index in [2.05, 4.69) is 27.7 Å². The van der Waals surface area contributed by atoms with Crippen LogP contribution < -0.4 is 0 Å². The Morgan fingerprint density at radius 3 is 1.35 bits per heavy atom. The smallest absolute Gasteiger partial charge is 0.0652 e. The van der Waals surface area contributed by atoms with Gasteiger partial charge in [-0.15, -0.1) is 0 Å². The monoisotopic (exact) mass is 255 g/mol. The highest BCUT2D eigenvalue weighted by Crippen LogP contribution is 2.64. The van der Waals surface area contributed by atoms with Gasteiger partial charge in [0, 0.05) is 12.8 Å². The molecule has 0 bridgehead atoms. The van der Waals surface area contributed by atoms with Gasteiger partial charge in [0.2, 0.25) is 0 Å². The van der Waals surface area contributed by atoms with Crippen molar-refractivity contribution in [2.75, 3.05) is 18.5 Å². The molecule has 0 amide bonds. The van der Waals surface area contributed by atoms with Crippen LogP contribution in [0.3, 0.4) is 0 Å². The van der Waals surface area contributed by atoms with Crippen LogP contribution in [0.1, 0.15) is 72.6 Å². The van der Waals surface area contributed by atoms with Crippen LogP contribution in [0.25, 0.3) is 0 Å². The molecule has 2 heteroatoms. The molecule has 0 saturated carbocycles. The minimum Gasteiger partial charge on any atom is -0.0652 e. The maximum absolute atomic E-state index is 6.52. The van der Waals surface area contributed by atoms with Crippen LogP contribution in [-0.2, 0) is 0 Å². The fourth-order valence-corrected chi connectivity index (χ4v) is 7.92. The molecule has 0 saturated heterocycles. The van der Waals surface area contributed by atoms with Crippen LogP contribution in [0.5, 0.6) is 0 Å². The first-order chi connectivity index (χ1) is 8.16. The molecule has 0 aromatic heterocycles. The van der Waals surface area contributed by atoms with E-state index in [9.17, 15) is 0 Å². The molecule has 1 atom stereocenters. The Hall–Kier alpha value is 0.495. The Labute approximate surface area is 112 Å². The van der Waals surface area contributed by atoms with E-state index in [0.29, 0.717) is 5.56 Å². The number of hydrogen-bond acceptors (Lipinski definition) is 0. The SMILES string of the molecule is [B]C(CC)[P+](CCCC)(CCCC)CCCC. The lowest BCUT2D eigenvalue weighted by Crippen LogP contribution is -2.22. The van der Waals surface area contributed by atoms with E-state index < -0.39 is 7.26 Å². The van der Waals surface area contributed by atoms with Gasteiger partial charge in [-0.2, -0.15) is 0 Å².